The van der Waals surface area contributed by atoms with Gasteiger partial charge in [0.05, 0.1) is 5.57 Å². The third-order valence-corrected chi connectivity index (χ3v) is 5.90. The zero-order valence-electron chi connectivity index (χ0n) is 16.9. The van der Waals surface area contributed by atoms with E-state index in [0.717, 1.165) is 23.2 Å². The molecular formula is C26H21FN2O2. The smallest absolute Gasteiger partial charge is 0.278 e. The highest BCUT2D eigenvalue weighted by molar-refractivity contribution is 6.36. The van der Waals surface area contributed by atoms with E-state index in [1.54, 1.807) is 12.1 Å². The molecule has 3 aromatic carbocycles. The maximum absolute atomic E-state index is 13.5. The van der Waals surface area contributed by atoms with E-state index in [4.69, 9.17) is 0 Å². The molecule has 154 valence electrons. The SMILES string of the molecule is O=C1C(c2ccc(F)cc2)=C(N2CCc3ccccc32)C(=O)N1CCc1ccccc1. The largest absolute Gasteiger partial charge is 0.336 e. The summed E-state index contributed by atoms with van der Waals surface area (Å²) in [5.41, 5.74) is 4.44. The number of hydrogen-bond acceptors (Lipinski definition) is 3. The van der Waals surface area contributed by atoms with Crippen molar-refractivity contribution in [2.75, 3.05) is 18.0 Å². The number of nitrogens with zero attached hydrogens (tertiary/aromatic N) is 2. The van der Waals surface area contributed by atoms with Gasteiger partial charge in [0, 0.05) is 18.8 Å². The lowest BCUT2D eigenvalue weighted by molar-refractivity contribution is -0.136. The highest BCUT2D eigenvalue weighted by atomic mass is 19.1. The summed E-state index contributed by atoms with van der Waals surface area (Å²) in [7, 11) is 0. The fraction of sp³-hybridized carbons (Fsp3) is 0.154. The van der Waals surface area contributed by atoms with Gasteiger partial charge in [-0.3, -0.25) is 14.5 Å². The number of hydrogen-bond donors (Lipinski definition) is 0. The molecule has 4 nitrogen and oxygen atoms in total. The van der Waals surface area contributed by atoms with Gasteiger partial charge in [-0.2, -0.15) is 0 Å². The molecule has 31 heavy (non-hydrogen) atoms. The predicted molar refractivity (Wildman–Crippen MR) is 118 cm³/mol. The molecule has 2 heterocycles. The van der Waals surface area contributed by atoms with Crippen LogP contribution in [0.25, 0.3) is 5.57 Å². The van der Waals surface area contributed by atoms with Gasteiger partial charge < -0.3 is 4.90 Å². The summed E-state index contributed by atoms with van der Waals surface area (Å²) in [5, 5.41) is 0. The molecule has 0 radical (unpaired) electrons. The molecule has 0 aliphatic carbocycles. The van der Waals surface area contributed by atoms with Crippen LogP contribution in [0.4, 0.5) is 10.1 Å². The minimum atomic E-state index is -0.380. The number of halogens is 1. The molecule has 0 atom stereocenters. The van der Waals surface area contributed by atoms with Crippen LogP contribution in [0.5, 0.6) is 0 Å². The average Bonchev–Trinajstić information content (AvgIpc) is 3.32. The normalized spacial score (nSPS) is 15.8. The standard InChI is InChI=1S/C26H21FN2O2/c27-21-12-10-20(11-13-21)23-24(28-17-15-19-8-4-5-9-22(19)28)26(31)29(25(23)30)16-14-18-6-2-1-3-7-18/h1-13H,14-17H2. The van der Waals surface area contributed by atoms with E-state index in [1.807, 2.05) is 59.5 Å². The number of rotatable bonds is 5. The quantitative estimate of drug-likeness (QED) is 0.590. The summed E-state index contributed by atoms with van der Waals surface area (Å²) in [6.45, 7) is 0.927. The number of carbonyl (C=O) groups excluding carboxylic acids is 2. The third kappa shape index (κ3) is 3.42. The van der Waals surface area contributed by atoms with Crippen LogP contribution in [0.3, 0.4) is 0 Å². The fourth-order valence-corrected chi connectivity index (χ4v) is 4.35. The van der Waals surface area contributed by atoms with E-state index in [1.165, 1.54) is 17.0 Å². The Labute approximate surface area is 180 Å². The molecule has 0 fully saturated rings. The Balaban J connectivity index is 1.54. The van der Waals surface area contributed by atoms with E-state index in [-0.39, 0.29) is 17.6 Å². The second-order valence-corrected chi connectivity index (χ2v) is 7.76. The Morgan fingerprint density at radius 1 is 0.806 bits per heavy atom. The molecule has 2 amide bonds. The van der Waals surface area contributed by atoms with Crippen LogP contribution in [0.15, 0.2) is 84.6 Å². The molecule has 0 saturated carbocycles. The van der Waals surface area contributed by atoms with Gasteiger partial charge in [0.15, 0.2) is 0 Å². The Hall–Kier alpha value is -3.73. The Morgan fingerprint density at radius 2 is 1.52 bits per heavy atom. The van der Waals surface area contributed by atoms with Crippen LogP contribution in [-0.4, -0.2) is 29.8 Å². The molecule has 0 saturated heterocycles. The first-order chi connectivity index (χ1) is 15.1. The molecule has 5 rings (SSSR count). The number of para-hydroxylation sites is 1. The molecule has 0 spiro atoms. The van der Waals surface area contributed by atoms with Gasteiger partial charge in [-0.15, -0.1) is 0 Å². The highest BCUT2D eigenvalue weighted by Crippen LogP contribution is 2.38. The van der Waals surface area contributed by atoms with Crippen molar-refractivity contribution in [1.82, 2.24) is 4.90 Å². The minimum Gasteiger partial charge on any atom is -0.336 e. The van der Waals surface area contributed by atoms with Crippen LogP contribution in [0.1, 0.15) is 16.7 Å². The van der Waals surface area contributed by atoms with Crippen LogP contribution in [0.2, 0.25) is 0 Å². The van der Waals surface area contributed by atoms with Gasteiger partial charge in [0.25, 0.3) is 11.8 Å². The molecule has 0 unspecified atom stereocenters. The van der Waals surface area contributed by atoms with Gasteiger partial charge in [-0.1, -0.05) is 60.7 Å². The van der Waals surface area contributed by atoms with E-state index < -0.39 is 0 Å². The lowest BCUT2D eigenvalue weighted by Gasteiger charge is -2.21. The van der Waals surface area contributed by atoms with Gasteiger partial charge >= 0.3 is 0 Å². The number of benzene rings is 3. The van der Waals surface area contributed by atoms with E-state index in [0.29, 0.717) is 36.3 Å². The fourth-order valence-electron chi connectivity index (χ4n) is 4.35. The van der Waals surface area contributed by atoms with E-state index in [2.05, 4.69) is 0 Å². The first-order valence-electron chi connectivity index (χ1n) is 10.4. The van der Waals surface area contributed by atoms with E-state index in [9.17, 15) is 14.0 Å². The first kappa shape index (κ1) is 19.2. The molecular weight excluding hydrogens is 391 g/mol. The van der Waals surface area contributed by atoms with Gasteiger partial charge in [-0.25, -0.2) is 4.39 Å². The van der Waals surface area contributed by atoms with Crippen molar-refractivity contribution < 1.29 is 14.0 Å². The molecule has 2 aliphatic rings. The second kappa shape index (κ2) is 7.84. The lowest BCUT2D eigenvalue weighted by Crippen LogP contribution is -2.36. The van der Waals surface area contributed by atoms with Crippen molar-refractivity contribution in [3.8, 4) is 0 Å². The van der Waals surface area contributed by atoms with Crippen molar-refractivity contribution >= 4 is 23.1 Å². The summed E-state index contributed by atoms with van der Waals surface area (Å²) in [5.74, 6) is -1.00. The van der Waals surface area contributed by atoms with Gasteiger partial charge in [0.2, 0.25) is 0 Å². The Kier molecular flexibility index (Phi) is 4.86. The average molecular weight is 412 g/mol. The number of carbonyl (C=O) groups is 2. The predicted octanol–water partition coefficient (Wildman–Crippen LogP) is 4.21. The number of anilines is 1. The van der Waals surface area contributed by atoms with Crippen molar-refractivity contribution in [2.45, 2.75) is 12.8 Å². The zero-order valence-corrected chi connectivity index (χ0v) is 16.9. The first-order valence-corrected chi connectivity index (χ1v) is 10.4. The van der Waals surface area contributed by atoms with Crippen LogP contribution in [-0.2, 0) is 22.4 Å². The summed E-state index contributed by atoms with van der Waals surface area (Å²) in [4.78, 5) is 30.2. The summed E-state index contributed by atoms with van der Waals surface area (Å²) < 4.78 is 13.5. The lowest BCUT2D eigenvalue weighted by atomic mass is 10.0. The molecule has 0 aromatic heterocycles. The molecule has 0 bridgehead atoms. The second-order valence-electron chi connectivity index (χ2n) is 7.76. The third-order valence-electron chi connectivity index (χ3n) is 5.90. The number of amides is 2. The number of fused-ring (bicyclic) bond motifs is 1. The van der Waals surface area contributed by atoms with Gasteiger partial charge in [0.1, 0.15) is 11.5 Å². The topological polar surface area (TPSA) is 40.6 Å². The molecule has 2 aliphatic heterocycles. The summed E-state index contributed by atoms with van der Waals surface area (Å²) in [6.07, 6.45) is 1.39. The molecule has 3 aromatic rings. The Morgan fingerprint density at radius 3 is 2.29 bits per heavy atom. The van der Waals surface area contributed by atoms with Gasteiger partial charge in [-0.05, 0) is 47.7 Å². The van der Waals surface area contributed by atoms with Crippen molar-refractivity contribution in [1.29, 1.82) is 0 Å². The van der Waals surface area contributed by atoms with Crippen LogP contribution in [0, 0.1) is 5.82 Å². The maximum Gasteiger partial charge on any atom is 0.278 e. The molecule has 0 N–H and O–H groups in total. The summed E-state index contributed by atoms with van der Waals surface area (Å²) in [6, 6.07) is 23.5. The number of imide groups is 1. The van der Waals surface area contributed by atoms with E-state index >= 15 is 0 Å². The summed E-state index contributed by atoms with van der Waals surface area (Å²) >= 11 is 0. The maximum atomic E-state index is 13.5. The van der Waals surface area contributed by atoms with Crippen molar-refractivity contribution in [3.63, 3.8) is 0 Å². The van der Waals surface area contributed by atoms with Crippen LogP contribution < -0.4 is 4.90 Å². The Bertz CT molecular complexity index is 1190. The molecule has 5 heteroatoms. The van der Waals surface area contributed by atoms with Crippen LogP contribution >= 0.6 is 0 Å². The van der Waals surface area contributed by atoms with Crippen molar-refractivity contribution in [2.24, 2.45) is 0 Å². The zero-order chi connectivity index (χ0) is 21.4. The highest BCUT2D eigenvalue weighted by Gasteiger charge is 2.42. The minimum absolute atomic E-state index is 0.294. The monoisotopic (exact) mass is 412 g/mol. The van der Waals surface area contributed by atoms with Crippen molar-refractivity contribution in [3.05, 3.63) is 107 Å².